The number of thiazole rings is 1. The molecule has 3 aromatic rings. The van der Waals surface area contributed by atoms with E-state index in [4.69, 9.17) is 4.74 Å². The first-order valence-electron chi connectivity index (χ1n) is 11.9. The number of morpholine rings is 1. The maximum atomic E-state index is 13.2. The van der Waals surface area contributed by atoms with Crippen molar-refractivity contribution in [2.24, 2.45) is 4.99 Å². The number of anilines is 2. The number of hydrogen-bond acceptors (Lipinski definition) is 8. The number of hydrogen-bond donors (Lipinski definition) is 2. The summed E-state index contributed by atoms with van der Waals surface area (Å²) >= 11 is 1.32. The Morgan fingerprint density at radius 2 is 1.97 bits per heavy atom. The van der Waals surface area contributed by atoms with Crippen LogP contribution in [0.3, 0.4) is 0 Å². The summed E-state index contributed by atoms with van der Waals surface area (Å²) in [5.74, 6) is -1.26. The monoisotopic (exact) mass is 521 g/mol. The second-order valence-corrected chi connectivity index (χ2v) is 10.3. The van der Waals surface area contributed by atoms with Crippen LogP contribution < -0.4 is 10.6 Å². The highest BCUT2D eigenvalue weighted by Gasteiger charge is 2.25. The molecular weight excluding hydrogens is 494 g/mol. The molecule has 37 heavy (non-hydrogen) atoms. The second-order valence-electron chi connectivity index (χ2n) is 9.23. The lowest BCUT2D eigenvalue weighted by Gasteiger charge is -2.34. The number of ether oxygens (including phenoxy) is 1. The summed E-state index contributed by atoms with van der Waals surface area (Å²) in [5.41, 5.74) is 1.94. The summed E-state index contributed by atoms with van der Waals surface area (Å²) in [6.45, 7) is 7.38. The van der Waals surface area contributed by atoms with E-state index in [1.54, 1.807) is 42.1 Å². The number of aryl methyl sites for hydroxylation is 1. The predicted molar refractivity (Wildman–Crippen MR) is 140 cm³/mol. The number of aromatic nitrogens is 3. The van der Waals surface area contributed by atoms with Gasteiger partial charge in [-0.05, 0) is 32.9 Å². The normalized spacial score (nSPS) is 21.9. The minimum absolute atomic E-state index is 0.0715. The fourth-order valence-electron chi connectivity index (χ4n) is 4.49. The van der Waals surface area contributed by atoms with Crippen LogP contribution in [0.4, 0.5) is 11.4 Å². The molecule has 1 fully saturated rings. The predicted octanol–water partition coefficient (Wildman–Crippen LogP) is 2.65. The van der Waals surface area contributed by atoms with Crippen molar-refractivity contribution in [1.82, 2.24) is 19.5 Å². The lowest BCUT2D eigenvalue weighted by Crippen LogP contribution is -2.48. The summed E-state index contributed by atoms with van der Waals surface area (Å²) in [6.07, 6.45) is 9.90. The van der Waals surface area contributed by atoms with Crippen LogP contribution in [0.25, 0.3) is 4.83 Å². The van der Waals surface area contributed by atoms with Crippen LogP contribution in [0.15, 0.2) is 41.8 Å². The Bertz CT molecular complexity index is 1420. The van der Waals surface area contributed by atoms with Crippen molar-refractivity contribution >= 4 is 51.5 Å². The molecule has 3 atom stereocenters. The van der Waals surface area contributed by atoms with Gasteiger partial charge < -0.3 is 15.4 Å². The Kier molecular flexibility index (Phi) is 6.96. The first-order valence-corrected chi connectivity index (χ1v) is 12.8. The van der Waals surface area contributed by atoms with Crippen LogP contribution in [0.2, 0.25) is 0 Å². The minimum Gasteiger partial charge on any atom is -0.373 e. The van der Waals surface area contributed by atoms with Crippen LogP contribution in [0.1, 0.15) is 40.7 Å². The van der Waals surface area contributed by atoms with E-state index in [-0.39, 0.29) is 36.5 Å². The van der Waals surface area contributed by atoms with Gasteiger partial charge in [-0.3, -0.25) is 24.3 Å². The van der Waals surface area contributed by atoms with E-state index in [0.717, 1.165) is 4.88 Å². The summed E-state index contributed by atoms with van der Waals surface area (Å²) < 4.78 is 7.31. The quantitative estimate of drug-likeness (QED) is 0.510. The zero-order chi connectivity index (χ0) is 26.1. The standard InChI is InChI=1S/C25H27N7O4S/c1-14-10-31(11-15(2)36-14)13-22(33)29-17-7-20(16(3)27-8-17)30-24(35)19-9-28-32-12-21(37-25(19)32)18-5-4-6-26-23(18)34/h4-9,12,14-15,18H,10-11,13H2,1-3H3,(H,29,33)(H,30,35)/t14-,15-,18?/m0/s1. The molecular formula is C25H27N7O4S. The molecule has 3 amide bonds. The number of amides is 3. The van der Waals surface area contributed by atoms with Gasteiger partial charge in [0.25, 0.3) is 11.8 Å². The van der Waals surface area contributed by atoms with Gasteiger partial charge in [0, 0.05) is 30.4 Å². The van der Waals surface area contributed by atoms with E-state index in [2.05, 4.69) is 30.6 Å². The Labute approximate surface area is 217 Å². The highest BCUT2D eigenvalue weighted by Crippen LogP contribution is 2.31. The maximum Gasteiger partial charge on any atom is 0.260 e. The van der Waals surface area contributed by atoms with Gasteiger partial charge in [0.2, 0.25) is 5.91 Å². The molecule has 2 aliphatic heterocycles. The van der Waals surface area contributed by atoms with E-state index in [0.29, 0.717) is 40.6 Å². The van der Waals surface area contributed by atoms with Crippen LogP contribution >= 0.6 is 11.3 Å². The molecule has 5 heterocycles. The Morgan fingerprint density at radius 3 is 2.73 bits per heavy atom. The molecule has 11 nitrogen and oxygen atoms in total. The van der Waals surface area contributed by atoms with E-state index in [9.17, 15) is 14.4 Å². The summed E-state index contributed by atoms with van der Waals surface area (Å²) in [5, 5.41) is 10.0. The van der Waals surface area contributed by atoms with E-state index < -0.39 is 5.92 Å². The van der Waals surface area contributed by atoms with Crippen LogP contribution in [-0.4, -0.2) is 75.3 Å². The van der Waals surface area contributed by atoms with E-state index >= 15 is 0 Å². The molecule has 0 aliphatic carbocycles. The lowest BCUT2D eigenvalue weighted by molar-refractivity contribution is -0.121. The van der Waals surface area contributed by atoms with Gasteiger partial charge in [-0.25, -0.2) is 9.51 Å². The van der Waals surface area contributed by atoms with Gasteiger partial charge in [0.1, 0.15) is 4.83 Å². The van der Waals surface area contributed by atoms with Crippen molar-refractivity contribution in [3.05, 3.63) is 52.9 Å². The molecule has 3 aromatic heterocycles. The largest absolute Gasteiger partial charge is 0.373 e. The molecule has 0 aromatic carbocycles. The fourth-order valence-corrected chi connectivity index (χ4v) is 5.62. The number of allylic oxidation sites excluding steroid dienone is 1. The van der Waals surface area contributed by atoms with E-state index in [1.807, 2.05) is 13.8 Å². The molecule has 5 rings (SSSR count). The Hall–Kier alpha value is -3.74. The van der Waals surface area contributed by atoms with Gasteiger partial charge in [0.05, 0.1) is 59.7 Å². The fraction of sp³-hybridized carbons (Fsp3) is 0.360. The zero-order valence-electron chi connectivity index (χ0n) is 20.7. The van der Waals surface area contributed by atoms with Crippen molar-refractivity contribution in [3.63, 3.8) is 0 Å². The number of carbonyl (C=O) groups is 3. The molecule has 192 valence electrons. The maximum absolute atomic E-state index is 13.2. The summed E-state index contributed by atoms with van der Waals surface area (Å²) in [6, 6.07) is 1.69. The van der Waals surface area contributed by atoms with Crippen LogP contribution in [0.5, 0.6) is 0 Å². The van der Waals surface area contributed by atoms with Gasteiger partial charge >= 0.3 is 0 Å². The smallest absolute Gasteiger partial charge is 0.260 e. The minimum atomic E-state index is -0.483. The number of rotatable bonds is 6. The highest BCUT2D eigenvalue weighted by atomic mass is 32.1. The average molecular weight is 522 g/mol. The topological polar surface area (TPSA) is 130 Å². The van der Waals surface area contributed by atoms with Crippen molar-refractivity contribution in [2.75, 3.05) is 30.3 Å². The number of pyridine rings is 1. The van der Waals surface area contributed by atoms with Crippen molar-refractivity contribution < 1.29 is 19.1 Å². The molecule has 2 aliphatic rings. The highest BCUT2D eigenvalue weighted by molar-refractivity contribution is 7.18. The molecule has 2 N–H and O–H groups in total. The summed E-state index contributed by atoms with van der Waals surface area (Å²) in [7, 11) is 0. The van der Waals surface area contributed by atoms with Crippen molar-refractivity contribution in [1.29, 1.82) is 0 Å². The second kappa shape index (κ2) is 10.3. The SMILES string of the molecule is Cc1ncc(NC(=O)CN2C[C@H](C)O[C@@H](C)C2)cc1NC(=O)c1cnn2cc(C3C=CC=NC3=O)sc12. The Morgan fingerprint density at radius 1 is 1.19 bits per heavy atom. The lowest BCUT2D eigenvalue weighted by atomic mass is 10.1. The molecule has 1 unspecified atom stereocenters. The van der Waals surface area contributed by atoms with Crippen LogP contribution in [0, 0.1) is 6.92 Å². The van der Waals surface area contributed by atoms with Gasteiger partial charge in [0.15, 0.2) is 0 Å². The van der Waals surface area contributed by atoms with Gasteiger partial charge in [-0.1, -0.05) is 6.08 Å². The van der Waals surface area contributed by atoms with E-state index in [1.165, 1.54) is 23.7 Å². The van der Waals surface area contributed by atoms with Gasteiger partial charge in [-0.15, -0.1) is 11.3 Å². The first kappa shape index (κ1) is 24.9. The van der Waals surface area contributed by atoms with Gasteiger partial charge in [-0.2, -0.15) is 5.10 Å². The molecule has 0 saturated carbocycles. The molecule has 0 bridgehead atoms. The zero-order valence-corrected chi connectivity index (χ0v) is 21.5. The average Bonchev–Trinajstić information content (AvgIpc) is 3.42. The number of nitrogens with zero attached hydrogens (tertiary/aromatic N) is 5. The number of fused-ring (bicyclic) bond motifs is 1. The number of aliphatic imine (C=N–C) groups is 1. The van der Waals surface area contributed by atoms with Crippen molar-refractivity contribution in [3.8, 4) is 0 Å². The molecule has 1 saturated heterocycles. The first-order chi connectivity index (χ1) is 17.8. The summed E-state index contributed by atoms with van der Waals surface area (Å²) in [4.78, 5) is 49.5. The third-order valence-corrected chi connectivity index (χ3v) is 7.30. The third kappa shape index (κ3) is 5.50. The molecule has 0 radical (unpaired) electrons. The third-order valence-electron chi connectivity index (χ3n) is 6.10. The number of dihydropyridines is 1. The van der Waals surface area contributed by atoms with Crippen LogP contribution in [-0.2, 0) is 14.3 Å². The molecule has 12 heteroatoms. The molecule has 0 spiro atoms. The van der Waals surface area contributed by atoms with Crippen molar-refractivity contribution in [2.45, 2.75) is 38.9 Å². The number of nitrogens with one attached hydrogen (secondary N) is 2. The Balaban J connectivity index is 1.28. The number of carbonyl (C=O) groups excluding carboxylic acids is 3.